The molecule has 646 valence electrons. The first-order valence-corrected chi connectivity index (χ1v) is 43.3. The Morgan fingerprint density at radius 1 is 0.227 bits per heavy atom. The number of amides is 11. The summed E-state index contributed by atoms with van der Waals surface area (Å²) in [5, 5.41) is 35.9. The predicted molar refractivity (Wildman–Crippen MR) is 499 cm³/mol. The fraction of sp³-hybridized carbons (Fsp3) is 0.198. The fourth-order valence-corrected chi connectivity index (χ4v) is 16.3. The molecule has 11 N–H and O–H groups in total. The maximum atomic E-state index is 11.7. The number of rotatable bonds is 2. The molecule has 2 saturated heterocycles. The van der Waals surface area contributed by atoms with E-state index in [2.05, 4.69) is 101 Å². The Morgan fingerprint density at radius 3 is 1.27 bits per heavy atom. The lowest BCUT2D eigenvalue weighted by atomic mass is 9.90. The average Bonchev–Trinajstić information content (AvgIpc) is 1.53. The highest BCUT2D eigenvalue weighted by atomic mass is 16.2. The van der Waals surface area contributed by atoms with Gasteiger partial charge in [0.15, 0.2) is 0 Å². The van der Waals surface area contributed by atoms with Gasteiger partial charge in [0.05, 0.1) is 37.8 Å². The van der Waals surface area contributed by atoms with Crippen LogP contribution in [0.2, 0.25) is 0 Å². The van der Waals surface area contributed by atoms with E-state index in [-0.39, 0.29) is 77.1 Å². The quantitative estimate of drug-likeness (QED) is 0.0773. The van der Waals surface area contributed by atoms with Crippen LogP contribution in [0.25, 0.3) is 21.5 Å². The van der Waals surface area contributed by atoms with Crippen molar-refractivity contribution in [1.29, 1.82) is 0 Å². The lowest BCUT2D eigenvalue weighted by molar-refractivity contribution is -0.122. The van der Waals surface area contributed by atoms with Crippen molar-refractivity contribution in [2.75, 3.05) is 40.9 Å². The van der Waals surface area contributed by atoms with Crippen LogP contribution in [0, 0.1) is 0 Å². The lowest BCUT2D eigenvalue weighted by Gasteiger charge is -2.26. The summed E-state index contributed by atoms with van der Waals surface area (Å²) in [6, 6.07) is 99.5. The van der Waals surface area contributed by atoms with Crippen LogP contribution >= 0.6 is 0 Å². The van der Waals surface area contributed by atoms with Gasteiger partial charge in [0.1, 0.15) is 0 Å². The van der Waals surface area contributed by atoms with Gasteiger partial charge in [-0.2, -0.15) is 0 Å². The fourth-order valence-electron chi connectivity index (χ4n) is 16.3. The van der Waals surface area contributed by atoms with Crippen LogP contribution in [0.1, 0.15) is 160 Å². The molecule has 13 aromatic carbocycles. The highest BCUT2D eigenvalue weighted by Crippen LogP contribution is 2.35. The molecular weight excluding hydrogens is 1600 g/mol. The van der Waals surface area contributed by atoms with Crippen molar-refractivity contribution in [3.05, 3.63) is 392 Å². The summed E-state index contributed by atoms with van der Waals surface area (Å²) in [6.45, 7) is 3.93. The highest BCUT2D eigenvalue weighted by molar-refractivity contribution is 6.24. The summed E-state index contributed by atoms with van der Waals surface area (Å²) < 4.78 is 0. The summed E-state index contributed by atoms with van der Waals surface area (Å²) in [5.74, 6) is 1.21. The highest BCUT2D eigenvalue weighted by Gasteiger charge is 2.28. The number of nitrogens with one attached hydrogen (secondary N) is 11. The monoisotopic (exact) mass is 1700 g/mol. The SMILES string of the molecule is O=C1CCCCN1.O=C1CCCN1.O=C1CCc2c(ccc3ccccc23)N1.O=C1CCc2ccccc2N1.O=C1Cc2ccccc2CN1.O=C1Cc2ccccc2N1.O=C1Cc2ccccc2[C@@H](c2ccccc2)N1.O=C1Cc2ccccc2[C@H](c2ccccc2)N1.O=C1NCCc2ccccc21.O=C1NCc2ccccc21.O=C1Nc2cccc3cccc1c23. The summed E-state index contributed by atoms with van der Waals surface area (Å²) in [5.41, 5.74) is 21.5. The van der Waals surface area contributed by atoms with Crippen molar-refractivity contribution >= 4 is 109 Å². The number of hydrogen-bond donors (Lipinski definition) is 11. The van der Waals surface area contributed by atoms with Gasteiger partial charge < -0.3 is 58.5 Å². The number of para-hydroxylation sites is 2. The van der Waals surface area contributed by atoms with Crippen molar-refractivity contribution in [1.82, 2.24) is 37.2 Å². The molecule has 13 aromatic rings. The van der Waals surface area contributed by atoms with E-state index in [9.17, 15) is 52.7 Å². The molecule has 24 rings (SSSR count). The van der Waals surface area contributed by atoms with Gasteiger partial charge in [0, 0.05) is 103 Å². The van der Waals surface area contributed by atoms with Crippen LogP contribution in [0.5, 0.6) is 0 Å². The van der Waals surface area contributed by atoms with Crippen LogP contribution in [0.3, 0.4) is 0 Å². The van der Waals surface area contributed by atoms with Gasteiger partial charge in [0.25, 0.3) is 17.7 Å². The predicted octanol–water partition coefficient (Wildman–Crippen LogP) is 15.7. The van der Waals surface area contributed by atoms with Gasteiger partial charge in [-0.3, -0.25) is 52.7 Å². The number of carbonyl (C=O) groups excluding carboxylic acids is 11. The zero-order valence-corrected chi connectivity index (χ0v) is 70.9. The van der Waals surface area contributed by atoms with Gasteiger partial charge in [-0.1, -0.05) is 261 Å². The van der Waals surface area contributed by atoms with E-state index in [4.69, 9.17) is 0 Å². The number of piperidine rings is 1. The average molecular weight is 1710 g/mol. The van der Waals surface area contributed by atoms with Crippen molar-refractivity contribution < 1.29 is 52.7 Å². The lowest BCUT2D eigenvalue weighted by Crippen LogP contribution is -2.35. The molecule has 2 atom stereocenters. The second kappa shape index (κ2) is 44.2. The Kier molecular flexibility index (Phi) is 30.7. The molecule has 0 unspecified atom stereocenters. The molecule has 128 heavy (non-hydrogen) atoms. The Morgan fingerprint density at radius 2 is 0.680 bits per heavy atom. The zero-order valence-electron chi connectivity index (χ0n) is 70.9. The molecule has 22 nitrogen and oxygen atoms in total. The second-order valence-corrected chi connectivity index (χ2v) is 31.7. The third kappa shape index (κ3) is 24.1. The van der Waals surface area contributed by atoms with Gasteiger partial charge in [-0.15, -0.1) is 0 Å². The van der Waals surface area contributed by atoms with Crippen LogP contribution in [-0.2, 0) is 96.4 Å². The molecule has 11 heterocycles. The molecule has 0 radical (unpaired) electrons. The van der Waals surface area contributed by atoms with Gasteiger partial charge >= 0.3 is 0 Å². The van der Waals surface area contributed by atoms with Crippen LogP contribution in [0.4, 0.5) is 22.7 Å². The van der Waals surface area contributed by atoms with E-state index >= 15 is 0 Å². The molecule has 22 heteroatoms. The molecule has 11 aliphatic rings. The normalized spacial score (nSPS) is 16.4. The number of fused-ring (bicyclic) bond motifs is 10. The third-order valence-electron chi connectivity index (χ3n) is 22.8. The summed E-state index contributed by atoms with van der Waals surface area (Å²) >= 11 is 0. The molecule has 2 fully saturated rings. The van der Waals surface area contributed by atoms with E-state index in [0.29, 0.717) is 51.6 Å². The second-order valence-electron chi connectivity index (χ2n) is 31.7. The Bertz CT molecular complexity index is 6020. The first-order chi connectivity index (χ1) is 62.5. The summed E-state index contributed by atoms with van der Waals surface area (Å²) in [6.07, 6.45) is 10.7. The standard InChI is InChI=1S/2C15H13NO.C13H11NO.C11H7NO.3C9H9NO.2C8H7NO.C5H9NO.C4H7NO/c2*17-14-10-12-8-4-5-9-13(12)15(16-14)11-6-2-1-3-7-11;15-13-8-6-11-10-4-2-1-3-9(10)5-7-12(11)14-13;13-11-8-5-1-3-7-4-2-6-9(12-11)10(7)8;11-9-5-7-3-1-2-4-8(7)6-10-9;11-9-8-4-2-1-3-7(8)5-6-10-9;11-9-6-5-7-3-1-2-4-8(7)10-9;10-8-7-4-2-1-3-6(7)5-9-8;10-8-5-6-3-1-2-4-7(6)9-8;7-5-3-1-2-4-6-5;6-4-2-1-3-5-4/h2*1-9,15H,10H2,(H,16,17);1-5,7H,6,8H2,(H,14,15);1-6H,(H,12,13);3*1-4H,5-6H2,(H,10,11);2*1-4H,5H2,(H,9,10);1-4H2,(H,6,7);1-3H2,(H,5,6)/t2*15-;;;;;;;;;/m10........./s1. The smallest absolute Gasteiger partial charge is 0.256 e. The topological polar surface area (TPSA) is 320 Å². The maximum absolute atomic E-state index is 11.7. The van der Waals surface area contributed by atoms with Crippen molar-refractivity contribution in [3.8, 4) is 0 Å². The largest absolute Gasteiger partial charge is 0.356 e. The summed E-state index contributed by atoms with van der Waals surface area (Å²) in [4.78, 5) is 121. The molecule has 0 aromatic heterocycles. The number of carbonyl (C=O) groups is 11. The van der Waals surface area contributed by atoms with Gasteiger partial charge in [-0.05, 0) is 169 Å². The van der Waals surface area contributed by atoms with Crippen LogP contribution in [0.15, 0.2) is 303 Å². The van der Waals surface area contributed by atoms with E-state index in [1.54, 1.807) is 0 Å². The first-order valence-electron chi connectivity index (χ1n) is 43.3. The molecule has 0 aliphatic carbocycles. The number of benzene rings is 13. The van der Waals surface area contributed by atoms with Crippen molar-refractivity contribution in [2.24, 2.45) is 0 Å². The minimum absolute atomic E-state index is 0.00588. The minimum Gasteiger partial charge on any atom is -0.356 e. The third-order valence-corrected chi connectivity index (χ3v) is 22.8. The van der Waals surface area contributed by atoms with E-state index in [0.717, 1.165) is 166 Å². The molecule has 0 saturated carbocycles. The molecule has 0 bridgehead atoms. The zero-order chi connectivity index (χ0) is 88.9. The molecule has 11 amide bonds. The Labute approximate surface area is 743 Å². The Hall–Kier alpha value is -15.5. The molecule has 0 spiro atoms. The Balaban J connectivity index is 0.000000115. The number of aryl methyl sites for hydroxylation is 2. The van der Waals surface area contributed by atoms with Gasteiger partial charge in [-0.25, -0.2) is 0 Å². The number of anilines is 4. The first kappa shape index (κ1) is 88.8. The van der Waals surface area contributed by atoms with Crippen molar-refractivity contribution in [2.45, 2.75) is 115 Å². The molecule has 11 aliphatic heterocycles. The van der Waals surface area contributed by atoms with Gasteiger partial charge in [0.2, 0.25) is 47.3 Å². The van der Waals surface area contributed by atoms with Crippen molar-refractivity contribution in [3.63, 3.8) is 0 Å². The van der Waals surface area contributed by atoms with Crippen LogP contribution < -0.4 is 58.5 Å². The maximum Gasteiger partial charge on any atom is 0.256 e. The van der Waals surface area contributed by atoms with E-state index < -0.39 is 0 Å². The minimum atomic E-state index is -0.00588. The molecular formula is C106H101N11O11. The van der Waals surface area contributed by atoms with E-state index in [1.807, 2.05) is 261 Å². The summed E-state index contributed by atoms with van der Waals surface area (Å²) in [7, 11) is 0. The number of hydrogen-bond acceptors (Lipinski definition) is 11. The van der Waals surface area contributed by atoms with Crippen LogP contribution in [-0.4, -0.2) is 84.6 Å². The van der Waals surface area contributed by atoms with E-state index in [1.165, 1.54) is 38.6 Å².